The minimum atomic E-state index is 0.143. The summed E-state index contributed by atoms with van der Waals surface area (Å²) in [5.41, 5.74) is 3.68. The van der Waals surface area contributed by atoms with Crippen LogP contribution in [0.2, 0.25) is 0 Å². The second kappa shape index (κ2) is 7.81. The van der Waals surface area contributed by atoms with Gasteiger partial charge in [-0.15, -0.1) is 22.7 Å². The molecular formula is C21H22N4OS3. The third kappa shape index (κ3) is 3.73. The SMILES string of the molecule is Cc1nc(C)c(-c2csc(Cc3ccc(C(=O)N4[C@@H]5CC[C@H]4CSC5)cn3)n2)s1. The highest BCUT2D eigenvalue weighted by molar-refractivity contribution is 7.99. The van der Waals surface area contributed by atoms with Gasteiger partial charge in [0.25, 0.3) is 5.91 Å². The molecular weight excluding hydrogens is 420 g/mol. The van der Waals surface area contributed by atoms with Gasteiger partial charge in [0.15, 0.2) is 0 Å². The second-order valence-corrected chi connectivity index (χ2v) is 10.8. The van der Waals surface area contributed by atoms with Crippen LogP contribution in [0, 0.1) is 13.8 Å². The fraction of sp³-hybridized carbons (Fsp3) is 0.429. The molecule has 3 aromatic heterocycles. The highest BCUT2D eigenvalue weighted by Gasteiger charge is 2.40. The number of aromatic nitrogens is 3. The van der Waals surface area contributed by atoms with Gasteiger partial charge >= 0.3 is 0 Å². The number of thioether (sulfide) groups is 1. The number of carbonyl (C=O) groups is 1. The Hall–Kier alpha value is -1.77. The zero-order valence-electron chi connectivity index (χ0n) is 16.4. The average molecular weight is 443 g/mol. The summed E-state index contributed by atoms with van der Waals surface area (Å²) in [4.78, 5) is 30.1. The number of hydrogen-bond acceptors (Lipinski definition) is 7. The largest absolute Gasteiger partial charge is 0.331 e. The van der Waals surface area contributed by atoms with E-state index in [9.17, 15) is 4.79 Å². The molecule has 2 saturated heterocycles. The van der Waals surface area contributed by atoms with Crippen LogP contribution in [-0.2, 0) is 6.42 Å². The van der Waals surface area contributed by atoms with Crippen LogP contribution in [-0.4, -0.2) is 49.3 Å². The molecule has 0 radical (unpaired) electrons. The van der Waals surface area contributed by atoms with E-state index in [4.69, 9.17) is 4.98 Å². The summed E-state index contributed by atoms with van der Waals surface area (Å²) < 4.78 is 0. The number of thiazole rings is 2. The molecule has 1 amide bonds. The lowest BCUT2D eigenvalue weighted by Crippen LogP contribution is -2.46. The quantitative estimate of drug-likeness (QED) is 0.591. The Balaban J connectivity index is 1.29. The summed E-state index contributed by atoms with van der Waals surface area (Å²) in [6.45, 7) is 4.05. The van der Waals surface area contributed by atoms with Gasteiger partial charge in [0.2, 0.25) is 0 Å². The van der Waals surface area contributed by atoms with Crippen LogP contribution in [0.1, 0.15) is 44.6 Å². The minimum absolute atomic E-state index is 0.143. The van der Waals surface area contributed by atoms with Crippen molar-refractivity contribution in [2.45, 2.75) is 45.2 Å². The molecule has 5 heterocycles. The van der Waals surface area contributed by atoms with Crippen LogP contribution in [0.25, 0.3) is 10.6 Å². The summed E-state index contributed by atoms with van der Waals surface area (Å²) in [6, 6.07) is 4.70. The maximum absolute atomic E-state index is 13.0. The summed E-state index contributed by atoms with van der Waals surface area (Å²) >= 11 is 5.31. The third-order valence-corrected chi connectivity index (χ3v) is 8.75. The van der Waals surface area contributed by atoms with Crippen molar-refractivity contribution in [1.82, 2.24) is 19.9 Å². The van der Waals surface area contributed by atoms with Crippen LogP contribution < -0.4 is 0 Å². The maximum Gasteiger partial charge on any atom is 0.255 e. The van der Waals surface area contributed by atoms with E-state index in [1.54, 1.807) is 28.9 Å². The molecule has 2 atom stereocenters. The first-order valence-corrected chi connectivity index (χ1v) is 12.7. The van der Waals surface area contributed by atoms with Crippen LogP contribution in [0.4, 0.5) is 0 Å². The Morgan fingerprint density at radius 2 is 1.97 bits per heavy atom. The molecule has 0 saturated carbocycles. The molecule has 2 fully saturated rings. The first kappa shape index (κ1) is 19.2. The first-order chi connectivity index (χ1) is 14.1. The molecule has 0 aromatic carbocycles. The molecule has 0 spiro atoms. The Labute approximate surface area is 182 Å². The molecule has 3 aromatic rings. The monoisotopic (exact) mass is 442 g/mol. The predicted molar refractivity (Wildman–Crippen MR) is 120 cm³/mol. The number of rotatable bonds is 4. The van der Waals surface area contributed by atoms with Gasteiger partial charge in [-0.2, -0.15) is 11.8 Å². The third-order valence-electron chi connectivity index (χ3n) is 5.57. The van der Waals surface area contributed by atoms with Gasteiger partial charge in [0.1, 0.15) is 0 Å². The van der Waals surface area contributed by atoms with Crippen molar-refractivity contribution in [1.29, 1.82) is 0 Å². The zero-order valence-corrected chi connectivity index (χ0v) is 18.9. The van der Waals surface area contributed by atoms with Crippen molar-refractivity contribution in [3.63, 3.8) is 0 Å². The predicted octanol–water partition coefficient (Wildman–Crippen LogP) is 4.59. The fourth-order valence-corrected chi connectivity index (χ4v) is 7.28. The first-order valence-electron chi connectivity index (χ1n) is 9.82. The van der Waals surface area contributed by atoms with E-state index < -0.39 is 0 Å². The fourth-order valence-electron chi connectivity index (χ4n) is 4.19. The number of amides is 1. The molecule has 2 aliphatic heterocycles. The van der Waals surface area contributed by atoms with E-state index in [0.29, 0.717) is 24.1 Å². The van der Waals surface area contributed by atoms with E-state index in [1.807, 2.05) is 37.7 Å². The molecule has 0 unspecified atom stereocenters. The van der Waals surface area contributed by atoms with Crippen molar-refractivity contribution in [2.75, 3.05) is 11.5 Å². The van der Waals surface area contributed by atoms with E-state index >= 15 is 0 Å². The molecule has 0 aliphatic carbocycles. The van der Waals surface area contributed by atoms with Gasteiger partial charge in [0, 0.05) is 47.3 Å². The Kier molecular flexibility index (Phi) is 5.17. The van der Waals surface area contributed by atoms with Gasteiger partial charge in [0.05, 0.1) is 31.8 Å². The number of aryl methyl sites for hydroxylation is 2. The standard InChI is InChI=1S/C21H22N4OS3/c1-12-20(29-13(2)23-12)18-11-28-19(24-18)7-15-4-3-14(8-22-15)21(26)25-16-5-6-17(25)10-27-9-16/h3-4,8,11,16-17H,5-7,9-10H2,1-2H3/t16-,17+. The van der Waals surface area contributed by atoms with E-state index in [-0.39, 0.29) is 5.91 Å². The normalized spacial score (nSPS) is 21.0. The Morgan fingerprint density at radius 3 is 2.62 bits per heavy atom. The van der Waals surface area contributed by atoms with E-state index in [1.165, 1.54) is 0 Å². The van der Waals surface area contributed by atoms with Crippen molar-refractivity contribution < 1.29 is 4.79 Å². The van der Waals surface area contributed by atoms with Crippen molar-refractivity contribution >= 4 is 40.3 Å². The van der Waals surface area contributed by atoms with Gasteiger partial charge < -0.3 is 4.90 Å². The number of nitrogens with zero attached hydrogens (tertiary/aromatic N) is 4. The van der Waals surface area contributed by atoms with Crippen molar-refractivity contribution in [3.05, 3.63) is 50.7 Å². The van der Waals surface area contributed by atoms with Crippen LogP contribution in [0.3, 0.4) is 0 Å². The minimum Gasteiger partial charge on any atom is -0.331 e. The lowest BCUT2D eigenvalue weighted by molar-refractivity contribution is 0.0691. The molecule has 150 valence electrons. The summed E-state index contributed by atoms with van der Waals surface area (Å²) in [7, 11) is 0. The second-order valence-electron chi connectivity index (χ2n) is 7.62. The molecule has 29 heavy (non-hydrogen) atoms. The van der Waals surface area contributed by atoms with Crippen LogP contribution in [0.15, 0.2) is 23.7 Å². The lowest BCUT2D eigenvalue weighted by atomic mass is 10.2. The molecule has 8 heteroatoms. The molecule has 2 bridgehead atoms. The lowest BCUT2D eigenvalue weighted by Gasteiger charge is -2.34. The van der Waals surface area contributed by atoms with Gasteiger partial charge in [-0.25, -0.2) is 9.97 Å². The number of hydrogen-bond donors (Lipinski definition) is 0. The summed E-state index contributed by atoms with van der Waals surface area (Å²) in [5, 5.41) is 4.19. The van der Waals surface area contributed by atoms with Gasteiger partial charge in [-0.05, 0) is 38.8 Å². The topological polar surface area (TPSA) is 59.0 Å². The van der Waals surface area contributed by atoms with E-state index in [0.717, 1.165) is 56.3 Å². The van der Waals surface area contributed by atoms with Crippen LogP contribution >= 0.6 is 34.4 Å². The summed E-state index contributed by atoms with van der Waals surface area (Å²) in [6.07, 6.45) is 4.70. The highest BCUT2D eigenvalue weighted by atomic mass is 32.2. The number of carbonyl (C=O) groups excluding carboxylic acids is 1. The summed E-state index contributed by atoms with van der Waals surface area (Å²) in [5.74, 6) is 2.28. The Bertz CT molecular complexity index is 1030. The van der Waals surface area contributed by atoms with Gasteiger partial charge in [-0.1, -0.05) is 0 Å². The molecule has 5 rings (SSSR count). The molecule has 5 nitrogen and oxygen atoms in total. The molecule has 0 N–H and O–H groups in total. The smallest absolute Gasteiger partial charge is 0.255 e. The average Bonchev–Trinajstić information content (AvgIpc) is 3.37. The number of fused-ring (bicyclic) bond motifs is 2. The Morgan fingerprint density at radius 1 is 1.17 bits per heavy atom. The van der Waals surface area contributed by atoms with Crippen LogP contribution in [0.5, 0.6) is 0 Å². The van der Waals surface area contributed by atoms with E-state index in [2.05, 4.69) is 20.2 Å². The zero-order chi connectivity index (χ0) is 20.0. The molecule has 2 aliphatic rings. The highest BCUT2D eigenvalue weighted by Crippen LogP contribution is 2.35. The van der Waals surface area contributed by atoms with Gasteiger partial charge in [-0.3, -0.25) is 9.78 Å². The number of pyridine rings is 1. The maximum atomic E-state index is 13.0. The van der Waals surface area contributed by atoms with Crippen molar-refractivity contribution in [3.8, 4) is 10.6 Å². The van der Waals surface area contributed by atoms with Crippen molar-refractivity contribution in [2.24, 2.45) is 0 Å².